The zero-order chi connectivity index (χ0) is 24.0. The van der Waals surface area contributed by atoms with Gasteiger partial charge in [-0.1, -0.05) is 31.2 Å². The predicted molar refractivity (Wildman–Crippen MR) is 135 cm³/mol. The number of carbonyl (C=O) groups excluding carboxylic acids is 2. The maximum atomic E-state index is 12.7. The third-order valence-electron chi connectivity index (χ3n) is 5.53. The number of carbonyl (C=O) groups is 2. The van der Waals surface area contributed by atoms with Crippen molar-refractivity contribution in [2.24, 2.45) is 0 Å². The van der Waals surface area contributed by atoms with Crippen molar-refractivity contribution in [3.63, 3.8) is 0 Å². The van der Waals surface area contributed by atoms with Gasteiger partial charge in [0.1, 0.15) is 0 Å². The Hall–Kier alpha value is -3.39. The van der Waals surface area contributed by atoms with Crippen LogP contribution in [0.25, 0.3) is 0 Å². The number of nitrogens with one attached hydrogen (secondary N) is 3. The van der Waals surface area contributed by atoms with E-state index in [1.54, 1.807) is 19.1 Å². The van der Waals surface area contributed by atoms with Crippen molar-refractivity contribution >= 4 is 40.7 Å². The first-order valence-corrected chi connectivity index (χ1v) is 11.5. The quantitative estimate of drug-likeness (QED) is 0.394. The van der Waals surface area contributed by atoms with Crippen LogP contribution in [0.2, 0.25) is 0 Å². The lowest BCUT2D eigenvalue weighted by molar-refractivity contribution is -0.139. The van der Waals surface area contributed by atoms with Crippen molar-refractivity contribution in [1.29, 1.82) is 0 Å². The molecule has 174 valence electrons. The standard InChI is InChI=1S/C25H30N4O3S/c1-5-17-8-12-19(13-9-17)26-24(31)27-20-14-10-18(11-15-20)22-21(23(30)32-7-3)16(4)29(6-2)25(33)28-22/h8-15,22H,5-7H2,1-4H3,(H,28,33)(H2,26,27,31). The maximum absolute atomic E-state index is 12.7. The highest BCUT2D eigenvalue weighted by Gasteiger charge is 2.34. The number of hydrogen-bond donors (Lipinski definition) is 3. The molecule has 0 aliphatic carbocycles. The molecule has 0 spiro atoms. The van der Waals surface area contributed by atoms with Gasteiger partial charge in [-0.3, -0.25) is 0 Å². The van der Waals surface area contributed by atoms with Crippen LogP contribution < -0.4 is 16.0 Å². The number of ether oxygens (including phenoxy) is 1. The fourth-order valence-electron chi connectivity index (χ4n) is 3.76. The van der Waals surface area contributed by atoms with Crippen LogP contribution >= 0.6 is 12.2 Å². The number of esters is 1. The summed E-state index contributed by atoms with van der Waals surface area (Å²) in [6.07, 6.45) is 0.947. The number of benzene rings is 2. The number of rotatable bonds is 7. The molecule has 1 aliphatic heterocycles. The molecule has 1 heterocycles. The van der Waals surface area contributed by atoms with Gasteiger partial charge in [0.05, 0.1) is 18.2 Å². The van der Waals surface area contributed by atoms with E-state index in [4.69, 9.17) is 17.0 Å². The number of anilines is 2. The summed E-state index contributed by atoms with van der Waals surface area (Å²) in [5.74, 6) is -0.371. The molecule has 0 bridgehead atoms. The molecular formula is C25H30N4O3S. The van der Waals surface area contributed by atoms with Crippen LogP contribution in [0.5, 0.6) is 0 Å². The normalized spacial score (nSPS) is 15.7. The lowest BCUT2D eigenvalue weighted by Crippen LogP contribution is -2.47. The topological polar surface area (TPSA) is 82.7 Å². The molecule has 8 heteroatoms. The number of urea groups is 1. The van der Waals surface area contributed by atoms with Gasteiger partial charge in [0.2, 0.25) is 0 Å². The van der Waals surface area contributed by atoms with Crippen molar-refractivity contribution in [1.82, 2.24) is 10.2 Å². The first kappa shape index (κ1) is 24.3. The van der Waals surface area contributed by atoms with E-state index >= 15 is 0 Å². The third-order valence-corrected chi connectivity index (χ3v) is 5.87. The first-order chi connectivity index (χ1) is 15.9. The van der Waals surface area contributed by atoms with E-state index in [0.29, 0.717) is 22.9 Å². The highest BCUT2D eigenvalue weighted by atomic mass is 32.1. The van der Waals surface area contributed by atoms with Gasteiger partial charge < -0.3 is 25.6 Å². The Bertz CT molecular complexity index is 1050. The summed E-state index contributed by atoms with van der Waals surface area (Å²) in [6.45, 7) is 8.66. The number of nitrogens with zero attached hydrogens (tertiary/aromatic N) is 1. The summed E-state index contributed by atoms with van der Waals surface area (Å²) in [7, 11) is 0. The van der Waals surface area contributed by atoms with Gasteiger partial charge in [-0.15, -0.1) is 0 Å². The Labute approximate surface area is 200 Å². The van der Waals surface area contributed by atoms with Crippen molar-refractivity contribution in [3.05, 3.63) is 70.9 Å². The Morgan fingerprint density at radius 3 is 2.09 bits per heavy atom. The number of allylic oxidation sites excluding steroid dienone is 1. The molecule has 3 N–H and O–H groups in total. The van der Waals surface area contributed by atoms with Crippen LogP contribution in [0.3, 0.4) is 0 Å². The highest BCUT2D eigenvalue weighted by molar-refractivity contribution is 7.80. The summed E-state index contributed by atoms with van der Waals surface area (Å²) >= 11 is 5.51. The van der Waals surface area contributed by atoms with Crippen LogP contribution in [0, 0.1) is 0 Å². The maximum Gasteiger partial charge on any atom is 0.338 e. The van der Waals surface area contributed by atoms with Crippen molar-refractivity contribution in [3.8, 4) is 0 Å². The molecule has 33 heavy (non-hydrogen) atoms. The fraction of sp³-hybridized carbons (Fsp3) is 0.320. The van der Waals surface area contributed by atoms with E-state index in [2.05, 4.69) is 22.9 Å². The van der Waals surface area contributed by atoms with Crippen LogP contribution in [0.4, 0.5) is 16.2 Å². The predicted octanol–water partition coefficient (Wildman–Crippen LogP) is 4.98. The first-order valence-electron chi connectivity index (χ1n) is 11.1. The molecule has 0 saturated carbocycles. The van der Waals surface area contributed by atoms with E-state index < -0.39 is 6.04 Å². The summed E-state index contributed by atoms with van der Waals surface area (Å²) in [5.41, 5.74) is 4.72. The van der Waals surface area contributed by atoms with Crippen LogP contribution in [-0.2, 0) is 16.0 Å². The van der Waals surface area contributed by atoms with Gasteiger partial charge in [0.15, 0.2) is 5.11 Å². The fourth-order valence-corrected chi connectivity index (χ4v) is 4.15. The number of hydrogen-bond acceptors (Lipinski definition) is 4. The number of thiocarbonyl (C=S) groups is 1. The minimum Gasteiger partial charge on any atom is -0.463 e. The molecule has 1 atom stereocenters. The highest BCUT2D eigenvalue weighted by Crippen LogP contribution is 2.32. The molecular weight excluding hydrogens is 436 g/mol. The monoisotopic (exact) mass is 466 g/mol. The van der Waals surface area contributed by atoms with Gasteiger partial charge >= 0.3 is 12.0 Å². The largest absolute Gasteiger partial charge is 0.463 e. The van der Waals surface area contributed by atoms with Gasteiger partial charge in [-0.25, -0.2) is 9.59 Å². The molecule has 7 nitrogen and oxygen atoms in total. The number of amides is 2. The average Bonchev–Trinajstić information content (AvgIpc) is 2.80. The molecule has 1 unspecified atom stereocenters. The molecule has 1 aliphatic rings. The minimum absolute atomic E-state index is 0.290. The number of aryl methyl sites for hydroxylation is 1. The minimum atomic E-state index is -0.431. The van der Waals surface area contributed by atoms with Gasteiger partial charge in [-0.2, -0.15) is 0 Å². The second kappa shape index (κ2) is 11.0. The zero-order valence-corrected chi connectivity index (χ0v) is 20.2. The molecule has 0 aromatic heterocycles. The average molecular weight is 467 g/mol. The molecule has 0 radical (unpaired) electrons. The summed E-state index contributed by atoms with van der Waals surface area (Å²) in [6, 6.07) is 14.3. The molecule has 0 fully saturated rings. The van der Waals surface area contributed by atoms with Crippen molar-refractivity contribution in [2.75, 3.05) is 23.8 Å². The van der Waals surface area contributed by atoms with Crippen LogP contribution in [0.15, 0.2) is 59.8 Å². The van der Waals surface area contributed by atoms with E-state index in [-0.39, 0.29) is 18.6 Å². The second-order valence-corrected chi connectivity index (χ2v) is 7.98. The summed E-state index contributed by atoms with van der Waals surface area (Å²) in [5, 5.41) is 9.47. The van der Waals surface area contributed by atoms with E-state index in [1.165, 1.54) is 5.56 Å². The van der Waals surface area contributed by atoms with Crippen LogP contribution in [-0.4, -0.2) is 35.2 Å². The van der Waals surface area contributed by atoms with Crippen molar-refractivity contribution in [2.45, 2.75) is 40.2 Å². The van der Waals surface area contributed by atoms with E-state index in [1.807, 2.05) is 55.1 Å². The van der Waals surface area contributed by atoms with Crippen LogP contribution in [0.1, 0.15) is 44.9 Å². The smallest absolute Gasteiger partial charge is 0.338 e. The second-order valence-electron chi connectivity index (χ2n) is 7.60. The lowest BCUT2D eigenvalue weighted by atomic mass is 9.95. The molecule has 2 aromatic rings. The van der Waals surface area contributed by atoms with E-state index in [9.17, 15) is 9.59 Å². The Morgan fingerprint density at radius 2 is 1.58 bits per heavy atom. The summed E-state index contributed by atoms with van der Waals surface area (Å²) in [4.78, 5) is 27.0. The Balaban J connectivity index is 1.75. The summed E-state index contributed by atoms with van der Waals surface area (Å²) < 4.78 is 5.31. The van der Waals surface area contributed by atoms with Gasteiger partial charge in [0, 0.05) is 23.6 Å². The molecule has 2 aromatic carbocycles. The SMILES string of the molecule is CCOC(=O)C1=C(C)N(CC)C(=S)NC1c1ccc(NC(=O)Nc2ccc(CC)cc2)cc1. The van der Waals surface area contributed by atoms with Gasteiger partial charge in [-0.05, 0) is 74.8 Å². The zero-order valence-electron chi connectivity index (χ0n) is 19.4. The third kappa shape index (κ3) is 5.70. The Morgan fingerprint density at radius 1 is 1.00 bits per heavy atom. The molecule has 0 saturated heterocycles. The molecule has 2 amide bonds. The van der Waals surface area contributed by atoms with Crippen molar-refractivity contribution < 1.29 is 14.3 Å². The van der Waals surface area contributed by atoms with Gasteiger partial charge in [0.25, 0.3) is 0 Å². The molecule has 3 rings (SSSR count). The van der Waals surface area contributed by atoms with E-state index in [0.717, 1.165) is 23.4 Å². The Kier molecular flexibility index (Phi) is 8.06. The lowest BCUT2D eigenvalue weighted by Gasteiger charge is -2.37.